The maximum atomic E-state index is 12.4. The van der Waals surface area contributed by atoms with Crippen LogP contribution >= 0.6 is 11.6 Å². The first-order chi connectivity index (χ1) is 6.91. The van der Waals surface area contributed by atoms with Gasteiger partial charge in [0.25, 0.3) is 12.0 Å². The molecule has 0 radical (unpaired) electrons. The van der Waals surface area contributed by atoms with Crippen LogP contribution in [0.2, 0.25) is 5.02 Å². The van der Waals surface area contributed by atoms with Crippen LogP contribution in [0, 0.1) is 0 Å². The Balaban J connectivity index is 3.28. The van der Waals surface area contributed by atoms with Gasteiger partial charge in [0.05, 0.1) is 6.42 Å². The van der Waals surface area contributed by atoms with Crippen molar-refractivity contribution in [2.75, 3.05) is 0 Å². The monoisotopic (exact) mass is 237 g/mol. The zero-order valence-electron chi connectivity index (χ0n) is 7.26. The quantitative estimate of drug-likeness (QED) is 0.839. The molecule has 7 heteroatoms. The summed E-state index contributed by atoms with van der Waals surface area (Å²) in [4.78, 5) is 23.3. The predicted octanol–water partition coefficient (Wildman–Crippen LogP) is 1.59. The highest BCUT2D eigenvalue weighted by Crippen LogP contribution is 2.23. The van der Waals surface area contributed by atoms with E-state index in [1.807, 2.05) is 4.98 Å². The Morgan fingerprint density at radius 2 is 2.20 bits per heavy atom. The number of halogens is 3. The van der Waals surface area contributed by atoms with E-state index < -0.39 is 29.9 Å². The maximum Gasteiger partial charge on any atom is 0.309 e. The summed E-state index contributed by atoms with van der Waals surface area (Å²) >= 11 is 5.34. The first-order valence-corrected chi connectivity index (χ1v) is 4.21. The van der Waals surface area contributed by atoms with Crippen molar-refractivity contribution in [3.63, 3.8) is 0 Å². The van der Waals surface area contributed by atoms with Crippen LogP contribution in [-0.2, 0) is 11.2 Å². The Morgan fingerprint density at radius 1 is 1.60 bits per heavy atom. The number of hydrogen-bond donors (Lipinski definition) is 2. The molecule has 0 amide bonds. The molecule has 82 valence electrons. The highest BCUT2D eigenvalue weighted by molar-refractivity contribution is 6.30. The second-order valence-electron chi connectivity index (χ2n) is 2.75. The van der Waals surface area contributed by atoms with E-state index in [0.29, 0.717) is 0 Å². The number of pyridine rings is 1. The fourth-order valence-electron chi connectivity index (χ4n) is 1.05. The average molecular weight is 238 g/mol. The van der Waals surface area contributed by atoms with E-state index in [1.54, 1.807) is 0 Å². The van der Waals surface area contributed by atoms with Gasteiger partial charge in [0, 0.05) is 11.3 Å². The van der Waals surface area contributed by atoms with E-state index in [0.717, 1.165) is 6.07 Å². The Morgan fingerprint density at radius 3 is 2.67 bits per heavy atom. The van der Waals surface area contributed by atoms with Crippen molar-refractivity contribution < 1.29 is 18.7 Å². The standard InChI is InChI=1S/C8H6ClF2NO3/c9-4-1-3(7(10)11)5(2-6(13)14)12-8(4)15/h1,7H,2H2,(H,12,15)(H,13,14). The van der Waals surface area contributed by atoms with Gasteiger partial charge in [0.2, 0.25) is 0 Å². The summed E-state index contributed by atoms with van der Waals surface area (Å²) in [7, 11) is 0. The minimum atomic E-state index is -2.88. The molecule has 0 unspecified atom stereocenters. The minimum absolute atomic E-state index is 0.327. The largest absolute Gasteiger partial charge is 0.481 e. The van der Waals surface area contributed by atoms with Crippen LogP contribution in [0.5, 0.6) is 0 Å². The molecular weight excluding hydrogens is 232 g/mol. The molecule has 2 N–H and O–H groups in total. The van der Waals surface area contributed by atoms with Gasteiger partial charge in [-0.15, -0.1) is 0 Å². The van der Waals surface area contributed by atoms with Crippen molar-refractivity contribution in [1.29, 1.82) is 0 Å². The molecule has 0 aliphatic rings. The number of nitrogens with one attached hydrogen (secondary N) is 1. The lowest BCUT2D eigenvalue weighted by Gasteiger charge is -2.06. The zero-order chi connectivity index (χ0) is 11.6. The van der Waals surface area contributed by atoms with E-state index in [9.17, 15) is 18.4 Å². The number of aromatic amines is 1. The number of hydrogen-bond acceptors (Lipinski definition) is 2. The van der Waals surface area contributed by atoms with Crippen LogP contribution in [0.3, 0.4) is 0 Å². The summed E-state index contributed by atoms with van der Waals surface area (Å²) in [5.74, 6) is -1.31. The molecule has 4 nitrogen and oxygen atoms in total. The number of H-pyrrole nitrogens is 1. The summed E-state index contributed by atoms with van der Waals surface area (Å²) in [6.45, 7) is 0. The first-order valence-electron chi connectivity index (χ1n) is 3.83. The number of carboxylic acids is 1. The molecule has 0 spiro atoms. The molecule has 0 aliphatic carbocycles. The zero-order valence-corrected chi connectivity index (χ0v) is 8.02. The smallest absolute Gasteiger partial charge is 0.309 e. The molecule has 0 bridgehead atoms. The summed E-state index contributed by atoms with van der Waals surface area (Å²) in [5.41, 5.74) is -1.67. The fourth-order valence-corrected chi connectivity index (χ4v) is 1.22. The highest BCUT2D eigenvalue weighted by Gasteiger charge is 2.17. The molecule has 0 atom stereocenters. The Bertz CT molecular complexity index is 444. The lowest BCUT2D eigenvalue weighted by molar-refractivity contribution is -0.136. The molecular formula is C8H6ClF2NO3. The van der Waals surface area contributed by atoms with Crippen LogP contribution < -0.4 is 5.56 Å². The van der Waals surface area contributed by atoms with E-state index in [1.165, 1.54) is 0 Å². The molecule has 0 aliphatic heterocycles. The van der Waals surface area contributed by atoms with Crippen LogP contribution in [0.15, 0.2) is 10.9 Å². The molecule has 1 heterocycles. The van der Waals surface area contributed by atoms with E-state index >= 15 is 0 Å². The van der Waals surface area contributed by atoms with Gasteiger partial charge >= 0.3 is 5.97 Å². The number of aromatic nitrogens is 1. The Labute approximate surface area is 87.5 Å². The Hall–Kier alpha value is -1.43. The molecule has 0 fully saturated rings. The number of carbonyl (C=O) groups is 1. The maximum absolute atomic E-state index is 12.4. The molecule has 15 heavy (non-hydrogen) atoms. The molecule has 0 saturated carbocycles. The van der Waals surface area contributed by atoms with Crippen LogP contribution in [0.25, 0.3) is 0 Å². The highest BCUT2D eigenvalue weighted by atomic mass is 35.5. The third kappa shape index (κ3) is 2.76. The minimum Gasteiger partial charge on any atom is -0.481 e. The van der Waals surface area contributed by atoms with Crippen molar-refractivity contribution >= 4 is 17.6 Å². The topological polar surface area (TPSA) is 70.2 Å². The van der Waals surface area contributed by atoms with Gasteiger partial charge in [0.15, 0.2) is 0 Å². The number of rotatable bonds is 3. The normalized spacial score (nSPS) is 10.7. The van der Waals surface area contributed by atoms with Gasteiger partial charge in [-0.25, -0.2) is 8.78 Å². The summed E-state index contributed by atoms with van der Waals surface area (Å²) in [6.07, 6.45) is -3.56. The number of aliphatic carboxylic acids is 1. The third-order valence-corrected chi connectivity index (χ3v) is 1.96. The van der Waals surface area contributed by atoms with E-state index in [4.69, 9.17) is 16.7 Å². The first kappa shape index (κ1) is 11.6. The van der Waals surface area contributed by atoms with Gasteiger partial charge < -0.3 is 10.1 Å². The van der Waals surface area contributed by atoms with Crippen LogP contribution in [0.1, 0.15) is 17.7 Å². The SMILES string of the molecule is O=C(O)Cc1[nH]c(=O)c(Cl)cc1C(F)F. The van der Waals surface area contributed by atoms with Crippen molar-refractivity contribution in [3.05, 3.63) is 32.7 Å². The lowest BCUT2D eigenvalue weighted by Crippen LogP contribution is -2.15. The number of carboxylic acid groups (broad SMARTS) is 1. The van der Waals surface area contributed by atoms with Crippen LogP contribution in [0.4, 0.5) is 8.78 Å². The second-order valence-corrected chi connectivity index (χ2v) is 3.16. The molecule has 1 aromatic heterocycles. The summed E-state index contributed by atoms with van der Waals surface area (Å²) in [5, 5.41) is 8.04. The summed E-state index contributed by atoms with van der Waals surface area (Å²) < 4.78 is 24.8. The molecule has 1 aromatic rings. The predicted molar refractivity (Wildman–Crippen MR) is 48.4 cm³/mol. The van der Waals surface area contributed by atoms with Crippen LogP contribution in [-0.4, -0.2) is 16.1 Å². The van der Waals surface area contributed by atoms with Crippen molar-refractivity contribution in [2.24, 2.45) is 0 Å². The van der Waals surface area contributed by atoms with Gasteiger partial charge in [-0.1, -0.05) is 11.6 Å². The molecule has 0 aromatic carbocycles. The van der Waals surface area contributed by atoms with E-state index in [2.05, 4.69) is 0 Å². The van der Waals surface area contributed by atoms with Gasteiger partial charge in [0.1, 0.15) is 5.02 Å². The Kier molecular flexibility index (Phi) is 3.41. The lowest BCUT2D eigenvalue weighted by atomic mass is 10.1. The van der Waals surface area contributed by atoms with Gasteiger partial charge in [-0.3, -0.25) is 9.59 Å². The molecule has 0 saturated heterocycles. The summed E-state index contributed by atoms with van der Waals surface area (Å²) in [6, 6.07) is 0.781. The van der Waals surface area contributed by atoms with Gasteiger partial charge in [-0.05, 0) is 6.07 Å². The second kappa shape index (κ2) is 4.39. The molecule has 1 rings (SSSR count). The van der Waals surface area contributed by atoms with Gasteiger partial charge in [-0.2, -0.15) is 0 Å². The van der Waals surface area contributed by atoms with Crippen molar-refractivity contribution in [1.82, 2.24) is 4.98 Å². The van der Waals surface area contributed by atoms with Crippen molar-refractivity contribution in [3.8, 4) is 0 Å². The number of alkyl halides is 2. The third-order valence-electron chi connectivity index (χ3n) is 1.68. The average Bonchev–Trinajstić information content (AvgIpc) is 2.09. The van der Waals surface area contributed by atoms with Crippen molar-refractivity contribution in [2.45, 2.75) is 12.8 Å². The van der Waals surface area contributed by atoms with E-state index in [-0.39, 0.29) is 10.7 Å². The fraction of sp³-hybridized carbons (Fsp3) is 0.250.